The lowest BCUT2D eigenvalue weighted by atomic mass is 10.1. The number of carbonyl (C=O) groups is 1. The van der Waals surface area contributed by atoms with Gasteiger partial charge in [0.15, 0.2) is 6.29 Å². The molecule has 6 rings (SSSR count). The topological polar surface area (TPSA) is 114 Å². The van der Waals surface area contributed by atoms with E-state index >= 15 is 0 Å². The molecule has 2 aromatic heterocycles. The first-order valence-electron chi connectivity index (χ1n) is 14.1. The van der Waals surface area contributed by atoms with Crippen molar-refractivity contribution in [2.24, 2.45) is 5.92 Å². The normalized spacial score (nSPS) is 19.8. The molecule has 2 aliphatic rings. The Labute approximate surface area is 243 Å². The average molecular weight is 573 g/mol. The zero-order chi connectivity index (χ0) is 28.9. The molecule has 0 spiro atoms. The highest BCUT2D eigenvalue weighted by Gasteiger charge is 2.32. The fourth-order valence-corrected chi connectivity index (χ4v) is 5.11. The van der Waals surface area contributed by atoms with Crippen molar-refractivity contribution < 1.29 is 23.4 Å². The minimum absolute atomic E-state index is 0.00472. The number of benzene rings is 2. The van der Waals surface area contributed by atoms with Crippen LogP contribution in [-0.4, -0.2) is 76.6 Å². The fourth-order valence-electron chi connectivity index (χ4n) is 5.11. The van der Waals surface area contributed by atoms with Crippen molar-refractivity contribution in [2.45, 2.75) is 25.7 Å². The predicted molar refractivity (Wildman–Crippen MR) is 154 cm³/mol. The number of aromatic nitrogens is 4. The van der Waals surface area contributed by atoms with Crippen molar-refractivity contribution >= 4 is 11.9 Å². The van der Waals surface area contributed by atoms with Crippen molar-refractivity contribution in [3.8, 4) is 22.6 Å². The largest absolute Gasteiger partial charge is 0.378 e. The van der Waals surface area contributed by atoms with Gasteiger partial charge in [-0.25, -0.2) is 19.3 Å². The maximum absolute atomic E-state index is 13.7. The Morgan fingerprint density at radius 3 is 2.52 bits per heavy atom. The smallest absolute Gasteiger partial charge is 0.230 e. The quantitative estimate of drug-likeness (QED) is 0.322. The minimum Gasteiger partial charge on any atom is -0.378 e. The number of hydrogen-bond acceptors (Lipinski definition) is 8. The van der Waals surface area contributed by atoms with Crippen LogP contribution in [0, 0.1) is 11.7 Å². The van der Waals surface area contributed by atoms with Gasteiger partial charge in [-0.15, -0.1) is 0 Å². The van der Waals surface area contributed by atoms with Crippen molar-refractivity contribution in [1.82, 2.24) is 24.8 Å². The van der Waals surface area contributed by atoms with E-state index in [1.165, 1.54) is 12.1 Å². The van der Waals surface area contributed by atoms with E-state index in [1.54, 1.807) is 29.3 Å². The summed E-state index contributed by atoms with van der Waals surface area (Å²) < 4.78 is 31.0. The first-order chi connectivity index (χ1) is 20.5. The molecular weight excluding hydrogens is 539 g/mol. The molecule has 1 atom stereocenters. The Morgan fingerprint density at radius 1 is 1.05 bits per heavy atom. The molecule has 2 saturated heterocycles. The summed E-state index contributed by atoms with van der Waals surface area (Å²) in [6.07, 6.45) is 1.47. The van der Waals surface area contributed by atoms with Gasteiger partial charge in [-0.05, 0) is 42.8 Å². The van der Waals surface area contributed by atoms with Crippen molar-refractivity contribution in [3.05, 3.63) is 84.1 Å². The second-order valence-electron chi connectivity index (χ2n) is 10.4. The number of H-pyrrole nitrogens is 1. The molecule has 10 nitrogen and oxygen atoms in total. The number of aromatic amines is 1. The number of ether oxygens (including phenoxy) is 3. The van der Waals surface area contributed by atoms with Crippen molar-refractivity contribution in [2.75, 3.05) is 44.8 Å². The molecule has 2 aliphatic heterocycles. The molecule has 2 fully saturated rings. The molecule has 0 bridgehead atoms. The van der Waals surface area contributed by atoms with Gasteiger partial charge in [0.1, 0.15) is 11.6 Å². The van der Waals surface area contributed by atoms with Crippen LogP contribution in [0.2, 0.25) is 0 Å². The molecule has 2 N–H and O–H groups in total. The van der Waals surface area contributed by atoms with Crippen LogP contribution in [0.5, 0.6) is 0 Å². The van der Waals surface area contributed by atoms with Crippen LogP contribution in [-0.2, 0) is 25.4 Å². The Kier molecular flexibility index (Phi) is 8.50. The molecule has 4 heterocycles. The number of halogens is 1. The Bertz CT molecular complexity index is 1490. The van der Waals surface area contributed by atoms with Gasteiger partial charge in [0.25, 0.3) is 0 Å². The maximum Gasteiger partial charge on any atom is 0.230 e. The maximum atomic E-state index is 13.7. The van der Waals surface area contributed by atoms with E-state index in [4.69, 9.17) is 24.2 Å². The number of nitrogens with zero attached hydrogens (tertiary/aromatic N) is 4. The van der Waals surface area contributed by atoms with E-state index in [2.05, 4.69) is 15.3 Å². The highest BCUT2D eigenvalue weighted by Crippen LogP contribution is 2.31. The SMILES string of the molecule is CC(Nc1nccc(-c2[nH]c(CC3OCC(C(=O)N4CCOCC4)CO3)nc2-c2ccc(F)cc2)n1)c1ccccc1. The Balaban J connectivity index is 1.19. The van der Waals surface area contributed by atoms with Crippen LogP contribution in [0.25, 0.3) is 22.6 Å². The molecule has 4 aromatic rings. The highest BCUT2D eigenvalue weighted by molar-refractivity contribution is 5.79. The first kappa shape index (κ1) is 28.0. The van der Waals surface area contributed by atoms with Gasteiger partial charge >= 0.3 is 0 Å². The van der Waals surface area contributed by atoms with Gasteiger partial charge in [0, 0.05) is 24.8 Å². The van der Waals surface area contributed by atoms with Crippen LogP contribution < -0.4 is 5.32 Å². The number of nitrogens with one attached hydrogen (secondary N) is 2. The van der Waals surface area contributed by atoms with Gasteiger partial charge in [-0.3, -0.25) is 4.79 Å². The first-order valence-corrected chi connectivity index (χ1v) is 14.1. The summed E-state index contributed by atoms with van der Waals surface area (Å²) in [7, 11) is 0. The van der Waals surface area contributed by atoms with Crippen molar-refractivity contribution in [3.63, 3.8) is 0 Å². The fraction of sp³-hybridized carbons (Fsp3) is 0.355. The van der Waals surface area contributed by atoms with Crippen LogP contribution in [0.1, 0.15) is 24.4 Å². The van der Waals surface area contributed by atoms with Crippen LogP contribution >= 0.6 is 0 Å². The van der Waals surface area contributed by atoms with E-state index in [0.29, 0.717) is 61.6 Å². The molecule has 0 aliphatic carbocycles. The predicted octanol–water partition coefficient (Wildman–Crippen LogP) is 4.24. The lowest BCUT2D eigenvalue weighted by Gasteiger charge is -2.33. The molecular formula is C31H33FN6O4. The van der Waals surface area contributed by atoms with E-state index in [9.17, 15) is 9.18 Å². The third kappa shape index (κ3) is 6.48. The van der Waals surface area contributed by atoms with Crippen molar-refractivity contribution in [1.29, 1.82) is 0 Å². The van der Waals surface area contributed by atoms with Gasteiger partial charge in [0.2, 0.25) is 11.9 Å². The van der Waals surface area contributed by atoms with E-state index in [-0.39, 0.29) is 36.9 Å². The molecule has 42 heavy (non-hydrogen) atoms. The summed E-state index contributed by atoms with van der Waals surface area (Å²) in [6.45, 7) is 4.88. The monoisotopic (exact) mass is 572 g/mol. The number of anilines is 1. The number of morpholine rings is 1. The zero-order valence-corrected chi connectivity index (χ0v) is 23.3. The van der Waals surface area contributed by atoms with E-state index in [1.807, 2.05) is 37.3 Å². The highest BCUT2D eigenvalue weighted by atomic mass is 19.1. The average Bonchev–Trinajstić information content (AvgIpc) is 3.46. The molecule has 11 heteroatoms. The molecule has 0 saturated carbocycles. The van der Waals surface area contributed by atoms with E-state index < -0.39 is 6.29 Å². The summed E-state index contributed by atoms with van der Waals surface area (Å²) >= 11 is 0. The molecule has 2 aromatic carbocycles. The summed E-state index contributed by atoms with van der Waals surface area (Å²) in [5.74, 6) is 0.458. The number of hydrogen-bond donors (Lipinski definition) is 2. The van der Waals surface area contributed by atoms with Crippen LogP contribution in [0.4, 0.5) is 10.3 Å². The molecule has 1 unspecified atom stereocenters. The van der Waals surface area contributed by atoms with Gasteiger partial charge < -0.3 is 29.4 Å². The van der Waals surface area contributed by atoms with Gasteiger partial charge in [-0.2, -0.15) is 0 Å². The third-order valence-corrected chi connectivity index (χ3v) is 7.43. The number of amides is 1. The summed E-state index contributed by atoms with van der Waals surface area (Å²) in [5.41, 5.74) is 3.78. The summed E-state index contributed by atoms with van der Waals surface area (Å²) in [5, 5.41) is 3.36. The van der Waals surface area contributed by atoms with Gasteiger partial charge in [-0.1, -0.05) is 30.3 Å². The van der Waals surface area contributed by atoms with Crippen LogP contribution in [0.3, 0.4) is 0 Å². The van der Waals surface area contributed by atoms with Gasteiger partial charge in [0.05, 0.1) is 61.9 Å². The number of carbonyl (C=O) groups excluding carboxylic acids is 1. The second kappa shape index (κ2) is 12.8. The second-order valence-corrected chi connectivity index (χ2v) is 10.4. The lowest BCUT2D eigenvalue weighted by molar-refractivity contribution is -0.205. The molecule has 218 valence electrons. The number of imidazole rings is 1. The standard InChI is InChI=1S/C31H33FN6O4/c1-20(21-5-3-2-4-6-21)34-31-33-12-11-25(35-31)29-28(22-7-9-24(32)10-8-22)36-26(37-29)17-27-41-18-23(19-42-27)30(39)38-13-15-40-16-14-38/h2-12,20,23,27H,13-19H2,1H3,(H,36,37)(H,33,34,35). The summed E-state index contributed by atoms with van der Waals surface area (Å²) in [6, 6.07) is 18.0. The number of rotatable bonds is 8. The van der Waals surface area contributed by atoms with Crippen LogP contribution in [0.15, 0.2) is 66.9 Å². The molecule has 1 amide bonds. The lowest BCUT2D eigenvalue weighted by Crippen LogP contribution is -2.48. The Morgan fingerprint density at radius 2 is 1.79 bits per heavy atom. The zero-order valence-electron chi connectivity index (χ0n) is 23.3. The molecule has 0 radical (unpaired) electrons. The minimum atomic E-state index is -0.562. The Hall–Kier alpha value is -4.19. The van der Waals surface area contributed by atoms with E-state index in [0.717, 1.165) is 11.1 Å². The summed E-state index contributed by atoms with van der Waals surface area (Å²) in [4.78, 5) is 32.0. The third-order valence-electron chi connectivity index (χ3n) is 7.43.